The summed E-state index contributed by atoms with van der Waals surface area (Å²) < 4.78 is 7.49. The molecular formula is C15H22N4O. The molecule has 2 rings (SSSR count). The van der Waals surface area contributed by atoms with Gasteiger partial charge in [0.25, 0.3) is 0 Å². The summed E-state index contributed by atoms with van der Waals surface area (Å²) in [5, 5.41) is 3.27. The fourth-order valence-electron chi connectivity index (χ4n) is 2.24. The largest absolute Gasteiger partial charge is 0.496 e. The highest BCUT2D eigenvalue weighted by Gasteiger charge is 2.10. The van der Waals surface area contributed by atoms with Crippen LogP contribution in [0.15, 0.2) is 18.7 Å². The zero-order valence-electron chi connectivity index (χ0n) is 12.6. The lowest BCUT2D eigenvalue weighted by Gasteiger charge is -2.12. The molecule has 0 aliphatic rings. The van der Waals surface area contributed by atoms with Gasteiger partial charge in [0.15, 0.2) is 0 Å². The number of ether oxygens (including phenoxy) is 1. The first-order valence-electron chi connectivity index (χ1n) is 6.86. The number of aryl methyl sites for hydroxylation is 1. The smallest absolute Gasteiger partial charge is 0.128 e. The Bertz CT molecular complexity index is 577. The van der Waals surface area contributed by atoms with Gasteiger partial charge < -0.3 is 14.6 Å². The molecule has 0 spiro atoms. The zero-order chi connectivity index (χ0) is 14.5. The van der Waals surface area contributed by atoms with Crippen LogP contribution in [0.3, 0.4) is 0 Å². The highest BCUT2D eigenvalue weighted by Crippen LogP contribution is 2.24. The molecule has 5 nitrogen and oxygen atoms in total. The number of hydrogen-bond donors (Lipinski definition) is 1. The number of rotatable bonds is 6. The van der Waals surface area contributed by atoms with Gasteiger partial charge >= 0.3 is 0 Å². The topological polar surface area (TPSA) is 52.0 Å². The third-order valence-corrected chi connectivity index (χ3v) is 3.32. The standard InChI is InChI=1S/C15H22N4O/c1-5-16-7-13-8-19(10-18-13)9-14-12(3)15(20-4)11(2)6-17-14/h6,8,10,16H,5,7,9H2,1-4H3. The lowest BCUT2D eigenvalue weighted by Crippen LogP contribution is -2.11. The molecule has 2 aromatic rings. The van der Waals surface area contributed by atoms with Crippen molar-refractivity contribution in [3.05, 3.63) is 41.2 Å². The molecule has 0 bridgehead atoms. The minimum atomic E-state index is 0.710. The molecule has 0 saturated heterocycles. The van der Waals surface area contributed by atoms with Gasteiger partial charge in [-0.3, -0.25) is 4.98 Å². The summed E-state index contributed by atoms with van der Waals surface area (Å²) in [7, 11) is 1.70. The SMILES string of the molecule is CCNCc1cn(Cc2ncc(C)c(OC)c2C)cn1. The summed E-state index contributed by atoms with van der Waals surface area (Å²) in [6.45, 7) is 8.60. The summed E-state index contributed by atoms with van der Waals surface area (Å²) in [5.41, 5.74) is 4.21. The summed E-state index contributed by atoms with van der Waals surface area (Å²) in [6.07, 6.45) is 5.76. The number of imidazole rings is 1. The van der Waals surface area contributed by atoms with Gasteiger partial charge in [-0.25, -0.2) is 4.98 Å². The number of nitrogens with zero attached hydrogens (tertiary/aromatic N) is 3. The summed E-state index contributed by atoms with van der Waals surface area (Å²) in [5.74, 6) is 0.919. The van der Waals surface area contributed by atoms with Crippen molar-refractivity contribution in [2.75, 3.05) is 13.7 Å². The summed E-state index contributed by atoms with van der Waals surface area (Å²) >= 11 is 0. The first-order valence-corrected chi connectivity index (χ1v) is 6.86. The third kappa shape index (κ3) is 3.17. The number of nitrogens with one attached hydrogen (secondary N) is 1. The van der Waals surface area contributed by atoms with Gasteiger partial charge in [0.1, 0.15) is 5.75 Å². The fraction of sp³-hybridized carbons (Fsp3) is 0.467. The molecule has 0 unspecified atom stereocenters. The molecule has 0 aromatic carbocycles. The van der Waals surface area contributed by atoms with Crippen LogP contribution in [0.4, 0.5) is 0 Å². The quantitative estimate of drug-likeness (QED) is 0.876. The fourth-order valence-corrected chi connectivity index (χ4v) is 2.24. The minimum absolute atomic E-state index is 0.710. The molecule has 0 aliphatic carbocycles. The van der Waals surface area contributed by atoms with E-state index < -0.39 is 0 Å². The van der Waals surface area contributed by atoms with Crippen LogP contribution in [0.5, 0.6) is 5.75 Å². The van der Waals surface area contributed by atoms with Gasteiger partial charge in [0.05, 0.1) is 31.4 Å². The molecule has 0 radical (unpaired) electrons. The first-order chi connectivity index (χ1) is 9.65. The molecule has 108 valence electrons. The first kappa shape index (κ1) is 14.5. The lowest BCUT2D eigenvalue weighted by atomic mass is 10.1. The summed E-state index contributed by atoms with van der Waals surface area (Å²) in [6, 6.07) is 0. The van der Waals surface area contributed by atoms with Crippen LogP contribution < -0.4 is 10.1 Å². The minimum Gasteiger partial charge on any atom is -0.496 e. The molecule has 0 amide bonds. The van der Waals surface area contributed by atoms with Crippen molar-refractivity contribution in [2.24, 2.45) is 0 Å². The van der Waals surface area contributed by atoms with Gasteiger partial charge in [0.2, 0.25) is 0 Å². The van der Waals surface area contributed by atoms with E-state index >= 15 is 0 Å². The summed E-state index contributed by atoms with van der Waals surface area (Å²) in [4.78, 5) is 8.89. The molecule has 0 saturated carbocycles. The van der Waals surface area contributed by atoms with E-state index in [0.717, 1.165) is 41.4 Å². The molecule has 20 heavy (non-hydrogen) atoms. The van der Waals surface area contributed by atoms with E-state index in [1.807, 2.05) is 26.4 Å². The van der Waals surface area contributed by atoms with Gasteiger partial charge in [-0.05, 0) is 20.4 Å². The van der Waals surface area contributed by atoms with Crippen molar-refractivity contribution in [3.8, 4) is 5.75 Å². The van der Waals surface area contributed by atoms with E-state index in [0.29, 0.717) is 6.54 Å². The second kappa shape index (κ2) is 6.52. The Balaban J connectivity index is 2.15. The zero-order valence-corrected chi connectivity index (χ0v) is 12.6. The Labute approximate surface area is 120 Å². The van der Waals surface area contributed by atoms with E-state index in [4.69, 9.17) is 4.74 Å². The molecule has 1 N–H and O–H groups in total. The van der Waals surface area contributed by atoms with E-state index in [2.05, 4.69) is 33.0 Å². The number of pyridine rings is 1. The van der Waals surface area contributed by atoms with Crippen LogP contribution in [0.2, 0.25) is 0 Å². The van der Waals surface area contributed by atoms with Crippen LogP contribution in [-0.2, 0) is 13.1 Å². The molecule has 5 heteroatoms. The molecule has 2 aromatic heterocycles. The molecule has 0 aliphatic heterocycles. The normalized spacial score (nSPS) is 10.8. The van der Waals surface area contributed by atoms with Crippen LogP contribution in [0, 0.1) is 13.8 Å². The maximum atomic E-state index is 5.44. The van der Waals surface area contributed by atoms with Gasteiger partial charge in [0, 0.05) is 30.1 Å². The van der Waals surface area contributed by atoms with E-state index in [9.17, 15) is 0 Å². The van der Waals surface area contributed by atoms with Gasteiger partial charge in [-0.15, -0.1) is 0 Å². The van der Waals surface area contributed by atoms with Crippen molar-refractivity contribution in [2.45, 2.75) is 33.9 Å². The van der Waals surface area contributed by atoms with Crippen molar-refractivity contribution in [1.82, 2.24) is 19.9 Å². The Morgan fingerprint density at radius 1 is 1.30 bits per heavy atom. The maximum absolute atomic E-state index is 5.44. The number of methoxy groups -OCH3 is 1. The number of hydrogen-bond acceptors (Lipinski definition) is 4. The van der Waals surface area contributed by atoms with E-state index in [1.165, 1.54) is 0 Å². The molecule has 0 fully saturated rings. The Morgan fingerprint density at radius 2 is 2.10 bits per heavy atom. The highest BCUT2D eigenvalue weighted by atomic mass is 16.5. The van der Waals surface area contributed by atoms with Gasteiger partial charge in [-0.1, -0.05) is 6.92 Å². The molecular weight excluding hydrogens is 252 g/mol. The van der Waals surface area contributed by atoms with Crippen molar-refractivity contribution >= 4 is 0 Å². The number of aromatic nitrogens is 3. The average Bonchev–Trinajstić information content (AvgIpc) is 2.88. The third-order valence-electron chi connectivity index (χ3n) is 3.32. The maximum Gasteiger partial charge on any atom is 0.128 e. The van der Waals surface area contributed by atoms with Crippen LogP contribution in [-0.4, -0.2) is 28.2 Å². The average molecular weight is 274 g/mol. The molecule has 0 atom stereocenters. The van der Waals surface area contributed by atoms with Crippen LogP contribution in [0.25, 0.3) is 0 Å². The Hall–Kier alpha value is -1.88. The van der Waals surface area contributed by atoms with E-state index in [1.54, 1.807) is 7.11 Å². The van der Waals surface area contributed by atoms with Crippen molar-refractivity contribution in [1.29, 1.82) is 0 Å². The van der Waals surface area contributed by atoms with Crippen LogP contribution in [0.1, 0.15) is 29.4 Å². The predicted molar refractivity (Wildman–Crippen MR) is 79.0 cm³/mol. The van der Waals surface area contributed by atoms with Crippen molar-refractivity contribution in [3.63, 3.8) is 0 Å². The highest BCUT2D eigenvalue weighted by molar-refractivity contribution is 5.41. The second-order valence-electron chi connectivity index (χ2n) is 4.86. The van der Waals surface area contributed by atoms with Gasteiger partial charge in [-0.2, -0.15) is 0 Å². The predicted octanol–water partition coefficient (Wildman–Crippen LogP) is 2.06. The monoisotopic (exact) mass is 274 g/mol. The Morgan fingerprint density at radius 3 is 2.80 bits per heavy atom. The Kier molecular flexibility index (Phi) is 4.74. The molecule has 2 heterocycles. The van der Waals surface area contributed by atoms with E-state index in [-0.39, 0.29) is 0 Å². The second-order valence-corrected chi connectivity index (χ2v) is 4.86. The lowest BCUT2D eigenvalue weighted by molar-refractivity contribution is 0.406. The van der Waals surface area contributed by atoms with Crippen LogP contribution >= 0.6 is 0 Å². The van der Waals surface area contributed by atoms with Crippen molar-refractivity contribution < 1.29 is 4.74 Å².